The average molecular weight is 798 g/mol. The molecule has 0 amide bonds. The maximum atomic E-state index is 12.6. The van der Waals surface area contributed by atoms with E-state index in [1.807, 2.05) is 0 Å². The molecule has 0 spiro atoms. The molecule has 0 radical (unpaired) electrons. The van der Waals surface area contributed by atoms with Crippen LogP contribution in [0.4, 0.5) is 0 Å². The molecular weight excluding hydrogens is 709 g/mol. The van der Waals surface area contributed by atoms with Crippen molar-refractivity contribution in [1.29, 1.82) is 0 Å². The number of ether oxygens (including phenoxy) is 2. The first kappa shape index (κ1) is 53.7. The predicted octanol–water partition coefficient (Wildman–Crippen LogP) is 13.8. The van der Waals surface area contributed by atoms with Crippen LogP contribution in [0, 0.1) is 0 Å². The molecule has 0 rings (SSSR count). The third kappa shape index (κ3) is 43.7. The van der Waals surface area contributed by atoms with Crippen LogP contribution in [0.2, 0.25) is 0 Å². The van der Waals surface area contributed by atoms with E-state index in [0.717, 1.165) is 38.5 Å². The Labute approximate surface area is 339 Å². The fraction of sp³-hybridized carbons (Fsp3) is 0.848. The molecule has 324 valence electrons. The maximum Gasteiger partial charge on any atom is 0.472 e. The van der Waals surface area contributed by atoms with E-state index >= 15 is 0 Å². The number of nitrogens with two attached hydrogens (primary N) is 1. The molecule has 0 aliphatic carbocycles. The van der Waals surface area contributed by atoms with Gasteiger partial charge in [-0.05, 0) is 70.6 Å². The molecule has 0 bridgehead atoms. The topological polar surface area (TPSA) is 117 Å². The van der Waals surface area contributed by atoms with Gasteiger partial charge in [0.05, 0.1) is 19.8 Å². The highest BCUT2D eigenvalue weighted by atomic mass is 31.2. The predicted molar refractivity (Wildman–Crippen MR) is 233 cm³/mol. The van der Waals surface area contributed by atoms with Crippen molar-refractivity contribution in [2.24, 2.45) is 5.73 Å². The first-order valence-corrected chi connectivity index (χ1v) is 24.5. The molecule has 8 nitrogen and oxygen atoms in total. The van der Waals surface area contributed by atoms with Crippen LogP contribution in [0.5, 0.6) is 0 Å². The van der Waals surface area contributed by atoms with Crippen molar-refractivity contribution in [2.75, 3.05) is 33.0 Å². The quantitative estimate of drug-likeness (QED) is 0.0271. The molecule has 0 aromatic heterocycles. The second-order valence-electron chi connectivity index (χ2n) is 15.3. The number of carbonyl (C=O) groups excluding carboxylic acids is 1. The Kier molecular flexibility index (Phi) is 42.8. The zero-order chi connectivity index (χ0) is 40.2. The van der Waals surface area contributed by atoms with Gasteiger partial charge in [0.2, 0.25) is 0 Å². The van der Waals surface area contributed by atoms with E-state index in [4.69, 9.17) is 24.3 Å². The molecule has 0 fully saturated rings. The van der Waals surface area contributed by atoms with Crippen LogP contribution in [-0.2, 0) is 27.9 Å². The third-order valence-corrected chi connectivity index (χ3v) is 10.8. The van der Waals surface area contributed by atoms with E-state index in [9.17, 15) is 14.3 Å². The molecule has 0 saturated heterocycles. The van der Waals surface area contributed by atoms with Crippen LogP contribution in [-0.4, -0.2) is 49.9 Å². The fourth-order valence-electron chi connectivity index (χ4n) is 6.37. The summed E-state index contributed by atoms with van der Waals surface area (Å²) in [5, 5.41) is 0. The molecule has 0 aromatic rings. The first-order valence-electron chi connectivity index (χ1n) is 23.0. The van der Waals surface area contributed by atoms with Gasteiger partial charge in [0, 0.05) is 19.6 Å². The molecule has 0 aliphatic heterocycles. The smallest absolute Gasteiger partial charge is 0.457 e. The van der Waals surface area contributed by atoms with E-state index in [-0.39, 0.29) is 32.3 Å². The summed E-state index contributed by atoms with van der Waals surface area (Å²) >= 11 is 0. The van der Waals surface area contributed by atoms with E-state index in [1.165, 1.54) is 154 Å². The van der Waals surface area contributed by atoms with Crippen LogP contribution in [0.1, 0.15) is 213 Å². The van der Waals surface area contributed by atoms with Gasteiger partial charge in [-0.1, -0.05) is 172 Å². The lowest BCUT2D eigenvalue weighted by molar-refractivity contribution is -0.154. The highest BCUT2D eigenvalue weighted by molar-refractivity contribution is 7.47. The number of allylic oxidation sites excluding steroid dienone is 6. The number of phosphoric ester groups is 1. The molecule has 0 aromatic carbocycles. The van der Waals surface area contributed by atoms with Crippen molar-refractivity contribution in [3.05, 3.63) is 36.5 Å². The van der Waals surface area contributed by atoms with Gasteiger partial charge in [-0.25, -0.2) is 4.57 Å². The van der Waals surface area contributed by atoms with Gasteiger partial charge < -0.3 is 20.1 Å². The minimum absolute atomic E-state index is 0.0974. The average Bonchev–Trinajstić information content (AvgIpc) is 3.17. The number of hydrogen-bond acceptors (Lipinski definition) is 7. The largest absolute Gasteiger partial charge is 0.472 e. The molecule has 9 heteroatoms. The lowest BCUT2D eigenvalue weighted by Gasteiger charge is -2.20. The lowest BCUT2D eigenvalue weighted by Crippen LogP contribution is -2.28. The van der Waals surface area contributed by atoms with Crippen LogP contribution < -0.4 is 5.73 Å². The number of carbonyl (C=O) groups is 1. The highest BCUT2D eigenvalue weighted by Crippen LogP contribution is 2.43. The summed E-state index contributed by atoms with van der Waals surface area (Å²) in [5.41, 5.74) is 5.37. The zero-order valence-electron chi connectivity index (χ0n) is 35.9. The second-order valence-corrected chi connectivity index (χ2v) is 16.7. The summed E-state index contributed by atoms with van der Waals surface area (Å²) in [4.78, 5) is 22.5. The minimum Gasteiger partial charge on any atom is -0.457 e. The van der Waals surface area contributed by atoms with E-state index in [2.05, 4.69) is 50.3 Å². The van der Waals surface area contributed by atoms with Gasteiger partial charge in [0.1, 0.15) is 6.10 Å². The van der Waals surface area contributed by atoms with Crippen molar-refractivity contribution in [3.8, 4) is 0 Å². The second kappa shape index (κ2) is 43.8. The van der Waals surface area contributed by atoms with E-state index in [0.29, 0.717) is 13.0 Å². The first-order chi connectivity index (χ1) is 26.9. The summed E-state index contributed by atoms with van der Waals surface area (Å²) < 4.78 is 33.5. The molecule has 2 atom stereocenters. The highest BCUT2D eigenvalue weighted by Gasteiger charge is 2.25. The third-order valence-electron chi connectivity index (χ3n) is 9.78. The zero-order valence-corrected chi connectivity index (χ0v) is 36.8. The Morgan fingerprint density at radius 1 is 0.545 bits per heavy atom. The molecule has 3 N–H and O–H groups in total. The lowest BCUT2D eigenvalue weighted by atomic mass is 10.1. The Hall–Kier alpha value is -1.28. The van der Waals surface area contributed by atoms with Gasteiger partial charge in [-0.3, -0.25) is 13.8 Å². The minimum atomic E-state index is -4.28. The van der Waals surface area contributed by atoms with Crippen LogP contribution in [0.3, 0.4) is 0 Å². The molecule has 0 saturated carbocycles. The number of esters is 1. The van der Waals surface area contributed by atoms with Gasteiger partial charge in [-0.2, -0.15) is 0 Å². The Balaban J connectivity index is 4.01. The van der Waals surface area contributed by atoms with Gasteiger partial charge >= 0.3 is 13.8 Å². The maximum absolute atomic E-state index is 12.6. The normalized spacial score (nSPS) is 13.7. The van der Waals surface area contributed by atoms with Crippen molar-refractivity contribution in [1.82, 2.24) is 0 Å². The monoisotopic (exact) mass is 798 g/mol. The van der Waals surface area contributed by atoms with Crippen molar-refractivity contribution >= 4 is 13.8 Å². The van der Waals surface area contributed by atoms with Gasteiger partial charge in [0.25, 0.3) is 0 Å². The van der Waals surface area contributed by atoms with Crippen molar-refractivity contribution < 1.29 is 32.8 Å². The van der Waals surface area contributed by atoms with Crippen LogP contribution >= 0.6 is 7.82 Å². The summed E-state index contributed by atoms with van der Waals surface area (Å²) in [6, 6.07) is 0. The number of rotatable bonds is 44. The molecule has 55 heavy (non-hydrogen) atoms. The number of hydrogen-bond donors (Lipinski definition) is 2. The fourth-order valence-corrected chi connectivity index (χ4v) is 7.14. The van der Waals surface area contributed by atoms with Gasteiger partial charge in [-0.15, -0.1) is 0 Å². The summed E-state index contributed by atoms with van der Waals surface area (Å²) in [6.07, 6.45) is 50.2. The van der Waals surface area contributed by atoms with E-state index < -0.39 is 13.9 Å². The molecule has 0 heterocycles. The Morgan fingerprint density at radius 3 is 1.45 bits per heavy atom. The van der Waals surface area contributed by atoms with Crippen LogP contribution in [0.15, 0.2) is 36.5 Å². The van der Waals surface area contributed by atoms with Crippen molar-refractivity contribution in [2.45, 2.75) is 219 Å². The summed E-state index contributed by atoms with van der Waals surface area (Å²) in [5.74, 6) is -0.336. The van der Waals surface area contributed by atoms with Crippen molar-refractivity contribution in [3.63, 3.8) is 0 Å². The summed E-state index contributed by atoms with van der Waals surface area (Å²) in [6.45, 7) is 4.90. The molecular formula is C46H88NO7P. The number of unbranched alkanes of at least 4 members (excludes halogenated alkanes) is 25. The SMILES string of the molecule is CCCCCC/C=C\C/C=C\CCCCCCCCCCOCC(COP(=O)(O)OCCN)OC(=O)CCCCCCCCC/C=C\CCCCCCCC. The van der Waals surface area contributed by atoms with E-state index in [1.54, 1.807) is 0 Å². The Morgan fingerprint density at radius 2 is 0.964 bits per heavy atom. The molecule has 2 unspecified atom stereocenters. The Bertz CT molecular complexity index is 941. The molecule has 0 aliphatic rings. The number of phosphoric acid groups is 1. The standard InChI is InChI=1S/C46H88NO7P/c1-3-5-7-9-11-13-15-17-19-21-22-24-26-28-30-32-34-36-38-41-51-43-45(44-53-55(49,50)52-42-40-47)54-46(48)39-37-35-33-31-29-27-25-23-20-18-16-14-12-10-8-6-4-2/h13,15,18-21,45H,3-12,14,16-17,22-44,47H2,1-2H3,(H,49,50)/b15-13-,20-18-,21-19-. The van der Waals surface area contributed by atoms with Crippen LogP contribution in [0.25, 0.3) is 0 Å². The summed E-state index contributed by atoms with van der Waals surface area (Å²) in [7, 11) is -4.28. The van der Waals surface area contributed by atoms with Gasteiger partial charge in [0.15, 0.2) is 0 Å².